The van der Waals surface area contributed by atoms with Gasteiger partial charge >= 0.3 is 0 Å². The molecule has 2 heterocycles. The predicted molar refractivity (Wildman–Crippen MR) is 132 cm³/mol. The average Bonchev–Trinajstić information content (AvgIpc) is 3.51. The van der Waals surface area contributed by atoms with Crippen molar-refractivity contribution in [3.8, 4) is 17.2 Å². The first kappa shape index (κ1) is 23.4. The first-order chi connectivity index (χ1) is 16.0. The Bertz CT molecular complexity index is 1040. The number of nitrogens with zero attached hydrogens (tertiary/aromatic N) is 5. The van der Waals surface area contributed by atoms with E-state index < -0.39 is 0 Å². The van der Waals surface area contributed by atoms with Gasteiger partial charge in [-0.05, 0) is 49.4 Å². The molecule has 0 aliphatic heterocycles. The second kappa shape index (κ2) is 10.4. The van der Waals surface area contributed by atoms with Gasteiger partial charge in [-0.3, -0.25) is 9.29 Å². The topological polar surface area (TPSA) is 87.0 Å². The van der Waals surface area contributed by atoms with E-state index >= 15 is 0 Å². The van der Waals surface area contributed by atoms with Crippen LogP contribution >= 0.6 is 11.9 Å². The molecule has 2 atom stereocenters. The molecule has 0 amide bonds. The first-order valence-corrected chi connectivity index (χ1v) is 12.3. The van der Waals surface area contributed by atoms with E-state index in [2.05, 4.69) is 43.3 Å². The van der Waals surface area contributed by atoms with E-state index in [1.807, 2.05) is 37.5 Å². The molecule has 1 N–H and O–H groups in total. The van der Waals surface area contributed by atoms with Crippen molar-refractivity contribution >= 4 is 17.9 Å². The van der Waals surface area contributed by atoms with Gasteiger partial charge in [0.15, 0.2) is 0 Å². The highest BCUT2D eigenvalue weighted by Gasteiger charge is 2.29. The fourth-order valence-corrected chi connectivity index (χ4v) is 4.93. The van der Waals surface area contributed by atoms with Crippen molar-refractivity contribution in [2.75, 3.05) is 18.9 Å². The molecule has 0 radical (unpaired) electrons. The number of nitrogens with one attached hydrogen (secondary N) is 1. The van der Waals surface area contributed by atoms with Crippen molar-refractivity contribution in [1.82, 2.24) is 24.7 Å². The zero-order chi connectivity index (χ0) is 23.4. The van der Waals surface area contributed by atoms with E-state index in [1.54, 1.807) is 26.2 Å². The third kappa shape index (κ3) is 4.93. The second-order valence-corrected chi connectivity index (χ2v) is 9.73. The van der Waals surface area contributed by atoms with Crippen LogP contribution in [-0.2, 0) is 0 Å². The van der Waals surface area contributed by atoms with E-state index in [-0.39, 0.29) is 11.2 Å². The summed E-state index contributed by atoms with van der Waals surface area (Å²) in [6.07, 6.45) is 8.37. The SMILES string of the molecule is COc1cccc(OC)c1-n1c(NSC(C)C(C)c2ncc(C)cn2)nnc1C1CCCC1. The molecule has 0 bridgehead atoms. The zero-order valence-electron chi connectivity index (χ0n) is 19.9. The number of benzene rings is 1. The lowest BCUT2D eigenvalue weighted by molar-refractivity contribution is 0.390. The highest BCUT2D eigenvalue weighted by Crippen LogP contribution is 2.41. The number of hydrogen-bond acceptors (Lipinski definition) is 8. The number of methoxy groups -OCH3 is 2. The van der Waals surface area contributed by atoms with Gasteiger partial charge in [-0.25, -0.2) is 9.97 Å². The normalized spacial score (nSPS) is 15.9. The summed E-state index contributed by atoms with van der Waals surface area (Å²) >= 11 is 1.59. The summed E-state index contributed by atoms with van der Waals surface area (Å²) in [7, 11) is 3.34. The minimum absolute atomic E-state index is 0.162. The van der Waals surface area contributed by atoms with E-state index in [0.717, 1.165) is 47.2 Å². The number of aryl methyl sites for hydroxylation is 1. The Morgan fingerprint density at radius 3 is 2.27 bits per heavy atom. The smallest absolute Gasteiger partial charge is 0.239 e. The molecule has 0 saturated heterocycles. The summed E-state index contributed by atoms with van der Waals surface area (Å²) in [5, 5.41) is 9.36. The van der Waals surface area contributed by atoms with Crippen LogP contribution in [0.5, 0.6) is 11.5 Å². The monoisotopic (exact) mass is 468 g/mol. The number of aromatic nitrogens is 5. The van der Waals surface area contributed by atoms with Gasteiger partial charge < -0.3 is 9.47 Å². The van der Waals surface area contributed by atoms with Gasteiger partial charge in [-0.2, -0.15) is 0 Å². The van der Waals surface area contributed by atoms with Crippen molar-refractivity contribution in [3.05, 3.63) is 47.8 Å². The Hall–Kier alpha value is -2.81. The highest BCUT2D eigenvalue weighted by molar-refractivity contribution is 8.01. The molecule has 2 unspecified atom stereocenters. The Morgan fingerprint density at radius 2 is 1.67 bits per heavy atom. The molecular weight excluding hydrogens is 436 g/mol. The van der Waals surface area contributed by atoms with Crippen LogP contribution in [0, 0.1) is 6.92 Å². The van der Waals surface area contributed by atoms with E-state index in [9.17, 15) is 0 Å². The molecular formula is C24H32N6O2S. The van der Waals surface area contributed by atoms with Gasteiger partial charge in [0, 0.05) is 29.5 Å². The molecule has 2 aromatic heterocycles. The molecule has 1 aromatic carbocycles. The first-order valence-electron chi connectivity index (χ1n) is 11.4. The number of para-hydroxylation sites is 1. The lowest BCUT2D eigenvalue weighted by atomic mass is 10.1. The van der Waals surface area contributed by atoms with Gasteiger partial charge in [0.1, 0.15) is 28.8 Å². The van der Waals surface area contributed by atoms with Crippen LogP contribution in [0.3, 0.4) is 0 Å². The summed E-state index contributed by atoms with van der Waals surface area (Å²) in [6, 6.07) is 5.80. The number of hydrogen-bond donors (Lipinski definition) is 1. The fraction of sp³-hybridized carbons (Fsp3) is 0.500. The molecule has 4 rings (SSSR count). The van der Waals surface area contributed by atoms with E-state index in [4.69, 9.17) is 9.47 Å². The third-order valence-corrected chi connectivity index (χ3v) is 7.36. The standard InChI is InChI=1S/C24H32N6O2S/c1-15-13-25-22(26-14-15)16(2)17(3)33-29-24-28-27-23(18-9-6-7-10-18)30(24)21-19(31-4)11-8-12-20(21)32-5/h8,11-14,16-18H,6-7,9-10H2,1-5H3,(H,28,29). The van der Waals surface area contributed by atoms with Crippen molar-refractivity contribution in [1.29, 1.82) is 0 Å². The van der Waals surface area contributed by atoms with Crippen molar-refractivity contribution < 1.29 is 9.47 Å². The molecule has 176 valence electrons. The summed E-state index contributed by atoms with van der Waals surface area (Å²) in [5.74, 6) is 4.41. The van der Waals surface area contributed by atoms with E-state index in [1.165, 1.54) is 12.8 Å². The van der Waals surface area contributed by atoms with Gasteiger partial charge in [-0.15, -0.1) is 10.2 Å². The Labute approximate surface area is 199 Å². The van der Waals surface area contributed by atoms with Crippen LogP contribution in [-0.4, -0.2) is 44.2 Å². The van der Waals surface area contributed by atoms with E-state index in [0.29, 0.717) is 11.9 Å². The summed E-state index contributed by atoms with van der Waals surface area (Å²) < 4.78 is 16.9. The second-order valence-electron chi connectivity index (χ2n) is 8.54. The Balaban J connectivity index is 1.65. The number of anilines is 1. The molecule has 33 heavy (non-hydrogen) atoms. The van der Waals surface area contributed by atoms with Crippen molar-refractivity contribution in [2.24, 2.45) is 0 Å². The minimum atomic E-state index is 0.162. The van der Waals surface area contributed by atoms with Crippen LogP contribution in [0.15, 0.2) is 30.6 Å². The van der Waals surface area contributed by atoms with Crippen molar-refractivity contribution in [2.45, 2.75) is 63.5 Å². The van der Waals surface area contributed by atoms with Gasteiger partial charge in [0.05, 0.1) is 14.2 Å². The van der Waals surface area contributed by atoms with Crippen molar-refractivity contribution in [3.63, 3.8) is 0 Å². The molecule has 3 aromatic rings. The molecule has 1 aliphatic carbocycles. The molecule has 1 fully saturated rings. The minimum Gasteiger partial charge on any atom is -0.494 e. The van der Waals surface area contributed by atoms with Gasteiger partial charge in [0.25, 0.3) is 0 Å². The lowest BCUT2D eigenvalue weighted by Gasteiger charge is -2.21. The van der Waals surface area contributed by atoms with Gasteiger partial charge in [-0.1, -0.05) is 32.8 Å². The van der Waals surface area contributed by atoms with Crippen LogP contribution in [0.4, 0.5) is 5.95 Å². The summed E-state index contributed by atoms with van der Waals surface area (Å²) in [4.78, 5) is 9.01. The molecule has 9 heteroatoms. The van der Waals surface area contributed by atoms with Gasteiger partial charge in [0.2, 0.25) is 5.95 Å². The maximum atomic E-state index is 5.71. The van der Waals surface area contributed by atoms with Crippen LogP contribution in [0.25, 0.3) is 5.69 Å². The Morgan fingerprint density at radius 1 is 1.03 bits per heavy atom. The zero-order valence-corrected chi connectivity index (χ0v) is 20.7. The summed E-state index contributed by atoms with van der Waals surface area (Å²) in [5.41, 5.74) is 1.88. The maximum Gasteiger partial charge on any atom is 0.239 e. The molecule has 1 saturated carbocycles. The summed E-state index contributed by atoms with van der Waals surface area (Å²) in [6.45, 7) is 6.30. The number of rotatable bonds is 9. The molecule has 1 aliphatic rings. The molecule has 8 nitrogen and oxygen atoms in total. The molecule has 0 spiro atoms. The fourth-order valence-electron chi connectivity index (χ4n) is 4.18. The third-order valence-electron chi connectivity index (χ3n) is 6.28. The Kier molecular flexibility index (Phi) is 7.37. The predicted octanol–water partition coefficient (Wildman–Crippen LogP) is 5.29. The van der Waals surface area contributed by atoms with Crippen LogP contribution in [0.1, 0.15) is 68.6 Å². The number of ether oxygens (including phenoxy) is 2. The highest BCUT2D eigenvalue weighted by atomic mass is 32.2. The van der Waals surface area contributed by atoms with Crippen LogP contribution < -0.4 is 14.2 Å². The quantitative estimate of drug-likeness (QED) is 0.424. The maximum absolute atomic E-state index is 5.71. The van der Waals surface area contributed by atoms with Crippen LogP contribution in [0.2, 0.25) is 0 Å². The largest absolute Gasteiger partial charge is 0.494 e. The lowest BCUT2D eigenvalue weighted by Crippen LogP contribution is -2.15. The average molecular weight is 469 g/mol.